The Labute approximate surface area is 128 Å². The van der Waals surface area contributed by atoms with Crippen molar-refractivity contribution in [3.63, 3.8) is 0 Å². The Balaban J connectivity index is 1.76. The molecule has 0 bridgehead atoms. The van der Waals surface area contributed by atoms with Crippen LogP contribution in [-0.4, -0.2) is 33.9 Å². The Morgan fingerprint density at radius 3 is 2.57 bits per heavy atom. The summed E-state index contributed by atoms with van der Waals surface area (Å²) >= 11 is 5.84. The number of anilines is 2. The number of aromatic nitrogens is 2. The Bertz CT molecular complexity index is 638. The number of hydrogen-bond acceptors (Lipinski definition) is 4. The van der Waals surface area contributed by atoms with E-state index in [-0.39, 0.29) is 5.91 Å². The first-order valence-electron chi connectivity index (χ1n) is 6.87. The summed E-state index contributed by atoms with van der Waals surface area (Å²) < 4.78 is 0. The molecule has 5 nitrogen and oxygen atoms in total. The van der Waals surface area contributed by atoms with Crippen LogP contribution in [0.3, 0.4) is 0 Å². The standard InChI is InChI=1S/C15H15ClN4O/c16-11-3-5-12(6-4-11)18-15-17-8-7-13(19-15)14(21)20-9-1-2-10-20/h3-8H,1-2,9-10H2,(H,17,18,19). The number of hydrogen-bond donors (Lipinski definition) is 1. The number of benzene rings is 1. The Hall–Kier alpha value is -2.14. The minimum absolute atomic E-state index is 0.0333. The number of carbonyl (C=O) groups excluding carboxylic acids is 1. The van der Waals surface area contributed by atoms with Crippen molar-refractivity contribution in [3.05, 3.63) is 47.2 Å². The number of carbonyl (C=O) groups is 1. The summed E-state index contributed by atoms with van der Waals surface area (Å²) in [4.78, 5) is 22.5. The third-order valence-corrected chi connectivity index (χ3v) is 3.62. The summed E-state index contributed by atoms with van der Waals surface area (Å²) in [7, 11) is 0. The molecule has 0 radical (unpaired) electrons. The van der Waals surface area contributed by atoms with Crippen LogP contribution in [0.15, 0.2) is 36.5 Å². The van der Waals surface area contributed by atoms with Gasteiger partial charge in [-0.2, -0.15) is 0 Å². The Kier molecular flexibility index (Phi) is 4.01. The molecule has 0 saturated carbocycles. The van der Waals surface area contributed by atoms with E-state index in [4.69, 9.17) is 11.6 Å². The lowest BCUT2D eigenvalue weighted by Gasteiger charge is -2.14. The monoisotopic (exact) mass is 302 g/mol. The molecule has 1 fully saturated rings. The normalized spacial score (nSPS) is 14.2. The molecule has 2 heterocycles. The minimum atomic E-state index is -0.0333. The second kappa shape index (κ2) is 6.10. The van der Waals surface area contributed by atoms with Crippen molar-refractivity contribution in [2.45, 2.75) is 12.8 Å². The highest BCUT2D eigenvalue weighted by atomic mass is 35.5. The van der Waals surface area contributed by atoms with Gasteiger partial charge in [0.2, 0.25) is 5.95 Å². The van der Waals surface area contributed by atoms with Crippen LogP contribution >= 0.6 is 11.6 Å². The van der Waals surface area contributed by atoms with Crippen molar-refractivity contribution < 1.29 is 4.79 Å². The first kappa shape index (κ1) is 13.8. The van der Waals surface area contributed by atoms with Gasteiger partial charge in [-0.05, 0) is 43.2 Å². The maximum atomic E-state index is 12.3. The molecule has 1 aliphatic heterocycles. The zero-order chi connectivity index (χ0) is 14.7. The van der Waals surface area contributed by atoms with E-state index >= 15 is 0 Å². The van der Waals surface area contributed by atoms with Crippen molar-refractivity contribution in [3.8, 4) is 0 Å². The van der Waals surface area contributed by atoms with Gasteiger partial charge in [-0.1, -0.05) is 11.6 Å². The van der Waals surface area contributed by atoms with E-state index in [2.05, 4.69) is 15.3 Å². The quantitative estimate of drug-likeness (QED) is 0.946. The van der Waals surface area contributed by atoms with Crippen LogP contribution in [0.2, 0.25) is 5.02 Å². The molecule has 3 rings (SSSR count). The highest BCUT2D eigenvalue weighted by Gasteiger charge is 2.20. The first-order valence-corrected chi connectivity index (χ1v) is 7.25. The lowest BCUT2D eigenvalue weighted by Crippen LogP contribution is -2.28. The Morgan fingerprint density at radius 2 is 1.86 bits per heavy atom. The first-order chi connectivity index (χ1) is 10.2. The maximum Gasteiger partial charge on any atom is 0.272 e. The van der Waals surface area contributed by atoms with Gasteiger partial charge < -0.3 is 10.2 Å². The van der Waals surface area contributed by atoms with Crippen LogP contribution in [0.5, 0.6) is 0 Å². The predicted molar refractivity (Wildman–Crippen MR) is 81.9 cm³/mol. The van der Waals surface area contributed by atoms with Gasteiger partial charge in [0, 0.05) is 30.0 Å². The fourth-order valence-electron chi connectivity index (χ4n) is 2.28. The minimum Gasteiger partial charge on any atom is -0.337 e. The van der Waals surface area contributed by atoms with Crippen LogP contribution < -0.4 is 5.32 Å². The molecule has 108 valence electrons. The van der Waals surface area contributed by atoms with E-state index in [0.717, 1.165) is 31.6 Å². The van der Waals surface area contributed by atoms with Crippen LogP contribution in [0.4, 0.5) is 11.6 Å². The zero-order valence-electron chi connectivity index (χ0n) is 11.4. The SMILES string of the molecule is O=C(c1ccnc(Nc2ccc(Cl)cc2)n1)N1CCCC1. The Morgan fingerprint density at radius 1 is 1.14 bits per heavy atom. The second-order valence-electron chi connectivity index (χ2n) is 4.90. The summed E-state index contributed by atoms with van der Waals surface area (Å²) in [6.07, 6.45) is 3.72. The maximum absolute atomic E-state index is 12.3. The summed E-state index contributed by atoms with van der Waals surface area (Å²) in [6.45, 7) is 1.62. The van der Waals surface area contributed by atoms with Crippen LogP contribution in [0.1, 0.15) is 23.3 Å². The molecule has 1 saturated heterocycles. The smallest absolute Gasteiger partial charge is 0.272 e. The van der Waals surface area contributed by atoms with Crippen LogP contribution in [0.25, 0.3) is 0 Å². The average molecular weight is 303 g/mol. The summed E-state index contributed by atoms with van der Waals surface area (Å²) in [5.74, 6) is 0.372. The molecular weight excluding hydrogens is 288 g/mol. The predicted octanol–water partition coefficient (Wildman–Crippen LogP) is 3.11. The van der Waals surface area contributed by atoms with Gasteiger partial charge in [-0.15, -0.1) is 0 Å². The number of halogens is 1. The van der Waals surface area contributed by atoms with E-state index in [1.165, 1.54) is 0 Å². The molecule has 1 aliphatic rings. The number of nitrogens with zero attached hydrogens (tertiary/aromatic N) is 3. The zero-order valence-corrected chi connectivity index (χ0v) is 12.2. The molecule has 6 heteroatoms. The molecule has 0 unspecified atom stereocenters. The number of nitrogens with one attached hydrogen (secondary N) is 1. The number of likely N-dealkylation sites (tertiary alicyclic amines) is 1. The fourth-order valence-corrected chi connectivity index (χ4v) is 2.41. The third kappa shape index (κ3) is 3.31. The van der Waals surface area contributed by atoms with E-state index in [9.17, 15) is 4.79 Å². The van der Waals surface area contributed by atoms with Gasteiger partial charge in [0.25, 0.3) is 5.91 Å². The van der Waals surface area contributed by atoms with Crippen molar-refractivity contribution in [2.24, 2.45) is 0 Å². The summed E-state index contributed by atoms with van der Waals surface area (Å²) in [5, 5.41) is 3.73. The molecule has 2 aromatic rings. The van der Waals surface area contributed by atoms with E-state index in [1.807, 2.05) is 17.0 Å². The number of rotatable bonds is 3. The largest absolute Gasteiger partial charge is 0.337 e. The molecular formula is C15H15ClN4O. The fraction of sp³-hybridized carbons (Fsp3) is 0.267. The second-order valence-corrected chi connectivity index (χ2v) is 5.33. The molecule has 0 atom stereocenters. The lowest BCUT2D eigenvalue weighted by molar-refractivity contribution is 0.0787. The van der Waals surface area contributed by atoms with Gasteiger partial charge in [0.15, 0.2) is 0 Å². The van der Waals surface area contributed by atoms with Crippen molar-refractivity contribution in [1.82, 2.24) is 14.9 Å². The summed E-state index contributed by atoms with van der Waals surface area (Å²) in [5.41, 5.74) is 1.24. The van der Waals surface area contributed by atoms with Gasteiger partial charge in [0.05, 0.1) is 0 Å². The topological polar surface area (TPSA) is 58.1 Å². The van der Waals surface area contributed by atoms with E-state index in [0.29, 0.717) is 16.7 Å². The van der Waals surface area contributed by atoms with Crippen molar-refractivity contribution >= 4 is 29.1 Å². The number of amides is 1. The van der Waals surface area contributed by atoms with Crippen LogP contribution in [0, 0.1) is 0 Å². The van der Waals surface area contributed by atoms with Crippen molar-refractivity contribution in [1.29, 1.82) is 0 Å². The lowest BCUT2D eigenvalue weighted by atomic mass is 10.3. The highest BCUT2D eigenvalue weighted by molar-refractivity contribution is 6.30. The highest BCUT2D eigenvalue weighted by Crippen LogP contribution is 2.17. The van der Waals surface area contributed by atoms with Crippen LogP contribution in [-0.2, 0) is 0 Å². The van der Waals surface area contributed by atoms with Gasteiger partial charge in [-0.25, -0.2) is 9.97 Å². The van der Waals surface area contributed by atoms with Gasteiger partial charge >= 0.3 is 0 Å². The summed E-state index contributed by atoms with van der Waals surface area (Å²) in [6, 6.07) is 8.88. The van der Waals surface area contributed by atoms with E-state index < -0.39 is 0 Å². The van der Waals surface area contributed by atoms with Crippen molar-refractivity contribution in [2.75, 3.05) is 18.4 Å². The van der Waals surface area contributed by atoms with Gasteiger partial charge in [-0.3, -0.25) is 4.79 Å². The molecule has 1 N–H and O–H groups in total. The molecule has 0 spiro atoms. The van der Waals surface area contributed by atoms with E-state index in [1.54, 1.807) is 24.4 Å². The molecule has 1 aromatic heterocycles. The third-order valence-electron chi connectivity index (χ3n) is 3.37. The average Bonchev–Trinajstić information content (AvgIpc) is 3.03. The van der Waals surface area contributed by atoms with Gasteiger partial charge in [0.1, 0.15) is 5.69 Å². The molecule has 0 aliphatic carbocycles. The molecule has 21 heavy (non-hydrogen) atoms. The molecule has 1 aromatic carbocycles. The molecule has 1 amide bonds.